The van der Waals surface area contributed by atoms with Crippen molar-refractivity contribution in [2.75, 3.05) is 35.8 Å². The molecule has 3 heterocycles. The van der Waals surface area contributed by atoms with Crippen molar-refractivity contribution in [3.05, 3.63) is 71.3 Å². The summed E-state index contributed by atoms with van der Waals surface area (Å²) in [7, 11) is -3.73. The second-order valence-corrected chi connectivity index (χ2v) is 11.4. The Balaban J connectivity index is 1.26. The average Bonchev–Trinajstić information content (AvgIpc) is 3.52. The van der Waals surface area contributed by atoms with Crippen molar-refractivity contribution in [1.29, 1.82) is 0 Å². The Morgan fingerprint density at radius 1 is 1.11 bits per heavy atom. The first-order valence-corrected chi connectivity index (χ1v) is 13.9. The van der Waals surface area contributed by atoms with Crippen LogP contribution in [0.5, 0.6) is 0 Å². The molecule has 1 aliphatic heterocycles. The van der Waals surface area contributed by atoms with Gasteiger partial charge in [0.25, 0.3) is 10.0 Å². The third-order valence-corrected chi connectivity index (χ3v) is 8.59. The van der Waals surface area contributed by atoms with Crippen LogP contribution in [0.3, 0.4) is 0 Å². The number of hydrogen-bond donors (Lipinski definition) is 1. The van der Waals surface area contributed by atoms with Gasteiger partial charge in [-0.25, -0.2) is 13.4 Å². The molecule has 2 aromatic heterocycles. The number of sulfonamides is 1. The monoisotopic (exact) mass is 529 g/mol. The third-order valence-electron chi connectivity index (χ3n) is 6.20. The van der Waals surface area contributed by atoms with E-state index in [1.807, 2.05) is 52.9 Å². The van der Waals surface area contributed by atoms with Gasteiger partial charge in [0.2, 0.25) is 5.91 Å². The number of benzene rings is 2. The third kappa shape index (κ3) is 4.86. The molecule has 1 atom stereocenters. The Labute approximate surface area is 212 Å². The van der Waals surface area contributed by atoms with Crippen molar-refractivity contribution >= 4 is 60.6 Å². The van der Waals surface area contributed by atoms with Crippen LogP contribution in [0, 0.1) is 0 Å². The van der Waals surface area contributed by atoms with Crippen molar-refractivity contribution in [3.63, 3.8) is 0 Å². The Bertz CT molecular complexity index is 1460. The highest BCUT2D eigenvalue weighted by Gasteiger charge is 2.27. The molecule has 0 saturated carbocycles. The van der Waals surface area contributed by atoms with Crippen LogP contribution in [-0.4, -0.2) is 55.0 Å². The zero-order chi connectivity index (χ0) is 24.6. The number of carbonyl (C=O) groups is 1. The summed E-state index contributed by atoms with van der Waals surface area (Å²) in [4.78, 5) is 21.4. The van der Waals surface area contributed by atoms with E-state index in [1.165, 1.54) is 11.3 Å². The van der Waals surface area contributed by atoms with Gasteiger partial charge in [0.15, 0.2) is 5.13 Å². The van der Waals surface area contributed by atoms with E-state index in [9.17, 15) is 13.2 Å². The fourth-order valence-corrected chi connectivity index (χ4v) is 6.32. The van der Waals surface area contributed by atoms with Crippen molar-refractivity contribution < 1.29 is 13.2 Å². The van der Waals surface area contributed by atoms with Crippen molar-refractivity contribution in [2.24, 2.45) is 0 Å². The molecule has 11 heteroatoms. The zero-order valence-corrected chi connectivity index (χ0v) is 21.4. The minimum absolute atomic E-state index is 0.0473. The number of fused-ring (bicyclic) bond motifs is 1. The minimum atomic E-state index is -3.73. The van der Waals surface area contributed by atoms with Crippen LogP contribution in [0.2, 0.25) is 5.02 Å². The van der Waals surface area contributed by atoms with E-state index in [2.05, 4.69) is 14.6 Å². The van der Waals surface area contributed by atoms with Gasteiger partial charge in [-0.2, -0.15) is 0 Å². The molecule has 4 aromatic rings. The summed E-state index contributed by atoms with van der Waals surface area (Å²) in [5.41, 5.74) is 1.74. The Kier molecular flexibility index (Phi) is 6.43. The topological polar surface area (TPSA) is 87.5 Å². The van der Waals surface area contributed by atoms with Crippen molar-refractivity contribution in [1.82, 2.24) is 14.5 Å². The van der Waals surface area contributed by atoms with Crippen molar-refractivity contribution in [2.45, 2.75) is 17.9 Å². The molecule has 1 fully saturated rings. The minimum Gasteiger partial charge on any atom is -0.368 e. The molecule has 0 spiro atoms. The van der Waals surface area contributed by atoms with Crippen molar-refractivity contribution in [3.8, 4) is 0 Å². The molecule has 8 nitrogen and oxygen atoms in total. The molecule has 0 bridgehead atoms. The molecule has 0 radical (unpaired) electrons. The van der Waals surface area contributed by atoms with Crippen LogP contribution in [0.1, 0.15) is 13.0 Å². The van der Waals surface area contributed by atoms with Crippen LogP contribution in [-0.2, 0) is 14.8 Å². The molecule has 1 N–H and O–H groups in total. The van der Waals surface area contributed by atoms with Crippen LogP contribution in [0.25, 0.3) is 10.9 Å². The Hall–Kier alpha value is -3.08. The lowest BCUT2D eigenvalue weighted by molar-refractivity contribution is -0.134. The van der Waals surface area contributed by atoms with Crippen LogP contribution < -0.4 is 9.62 Å². The number of rotatable bonds is 6. The summed E-state index contributed by atoms with van der Waals surface area (Å²) >= 11 is 7.40. The average molecular weight is 530 g/mol. The second kappa shape index (κ2) is 9.52. The summed E-state index contributed by atoms with van der Waals surface area (Å²) in [6.07, 6.45) is 3.47. The fraction of sp³-hybridized carbons (Fsp3) is 0.250. The van der Waals surface area contributed by atoms with E-state index in [-0.39, 0.29) is 16.8 Å². The van der Waals surface area contributed by atoms with Gasteiger partial charge in [0, 0.05) is 54.7 Å². The number of anilines is 2. The number of piperazine rings is 1. The van der Waals surface area contributed by atoms with Crippen LogP contribution in [0.4, 0.5) is 10.8 Å². The number of hydrogen-bond acceptors (Lipinski definition) is 6. The van der Waals surface area contributed by atoms with E-state index >= 15 is 0 Å². The number of nitrogens with zero attached hydrogens (tertiary/aromatic N) is 4. The predicted octanol–water partition coefficient (Wildman–Crippen LogP) is 4.46. The number of thiazole rings is 1. The van der Waals surface area contributed by atoms with E-state index < -0.39 is 10.0 Å². The summed E-state index contributed by atoms with van der Waals surface area (Å²) in [6, 6.07) is 14.1. The highest BCUT2D eigenvalue weighted by molar-refractivity contribution is 7.93. The van der Waals surface area contributed by atoms with Gasteiger partial charge >= 0.3 is 0 Å². The SMILES string of the molecule is C[C@@H](C(=O)N1CCN(c2cccc(S(=O)(=O)Nc3nccs3)c2)CC1)n1ccc2ccc(Cl)cc21. The maximum atomic E-state index is 13.3. The van der Waals surface area contributed by atoms with E-state index in [0.29, 0.717) is 36.3 Å². The lowest BCUT2D eigenvalue weighted by Gasteiger charge is -2.37. The maximum Gasteiger partial charge on any atom is 0.263 e. The van der Waals surface area contributed by atoms with Gasteiger partial charge < -0.3 is 14.4 Å². The number of aromatic nitrogens is 2. The van der Waals surface area contributed by atoms with Gasteiger partial charge in [-0.15, -0.1) is 11.3 Å². The lowest BCUT2D eigenvalue weighted by atomic mass is 10.2. The summed E-state index contributed by atoms with van der Waals surface area (Å²) in [5, 5.41) is 3.72. The first-order valence-electron chi connectivity index (χ1n) is 11.1. The van der Waals surface area contributed by atoms with Gasteiger partial charge in [-0.3, -0.25) is 9.52 Å². The molecule has 2 aromatic carbocycles. The number of amides is 1. The Morgan fingerprint density at radius 2 is 1.91 bits per heavy atom. The summed E-state index contributed by atoms with van der Waals surface area (Å²) < 4.78 is 30.0. The van der Waals surface area contributed by atoms with E-state index in [1.54, 1.807) is 29.8 Å². The zero-order valence-electron chi connectivity index (χ0n) is 19.0. The highest BCUT2D eigenvalue weighted by Crippen LogP contribution is 2.26. The number of carbonyl (C=O) groups excluding carboxylic acids is 1. The van der Waals surface area contributed by atoms with Crippen LogP contribution >= 0.6 is 22.9 Å². The Morgan fingerprint density at radius 3 is 2.66 bits per heavy atom. The molecule has 5 rings (SSSR count). The number of nitrogens with one attached hydrogen (secondary N) is 1. The highest BCUT2D eigenvalue weighted by atomic mass is 35.5. The van der Waals surface area contributed by atoms with E-state index in [0.717, 1.165) is 16.6 Å². The largest absolute Gasteiger partial charge is 0.368 e. The molecule has 182 valence electrons. The standard InChI is InChI=1S/C24H24ClN5O3S2/c1-17(30-9-7-18-5-6-19(25)15-22(18)30)23(31)29-12-10-28(11-13-29)20-3-2-4-21(16-20)35(32,33)27-24-26-8-14-34-24/h2-9,14-17H,10-13H2,1H3,(H,26,27)/t17-/m0/s1. The predicted molar refractivity (Wildman–Crippen MR) is 140 cm³/mol. The quantitative estimate of drug-likeness (QED) is 0.398. The summed E-state index contributed by atoms with van der Waals surface area (Å²) in [6.45, 7) is 4.23. The lowest BCUT2D eigenvalue weighted by Crippen LogP contribution is -2.50. The molecule has 1 aliphatic rings. The molecule has 1 saturated heterocycles. The number of halogens is 1. The first-order chi connectivity index (χ1) is 16.8. The van der Waals surface area contributed by atoms with E-state index in [4.69, 9.17) is 11.6 Å². The fourth-order valence-electron chi connectivity index (χ4n) is 4.32. The first kappa shape index (κ1) is 23.7. The van der Waals surface area contributed by atoms with Gasteiger partial charge in [-0.05, 0) is 48.7 Å². The van der Waals surface area contributed by atoms with Crippen LogP contribution in [0.15, 0.2) is 71.2 Å². The maximum absolute atomic E-state index is 13.3. The molecule has 35 heavy (non-hydrogen) atoms. The van der Waals surface area contributed by atoms with Gasteiger partial charge in [-0.1, -0.05) is 23.7 Å². The normalized spacial score (nSPS) is 15.4. The van der Waals surface area contributed by atoms with Gasteiger partial charge in [0.05, 0.1) is 10.4 Å². The molecular formula is C24H24ClN5O3S2. The molecular weight excluding hydrogens is 506 g/mol. The summed E-state index contributed by atoms with van der Waals surface area (Å²) in [5.74, 6) is 0.0473. The second-order valence-electron chi connectivity index (χ2n) is 8.35. The molecule has 1 amide bonds. The molecule has 0 aliphatic carbocycles. The molecule has 0 unspecified atom stereocenters. The smallest absolute Gasteiger partial charge is 0.263 e. The van der Waals surface area contributed by atoms with Gasteiger partial charge in [0.1, 0.15) is 6.04 Å².